The van der Waals surface area contributed by atoms with Crippen LogP contribution in [0.15, 0.2) is 30.3 Å². The predicted octanol–water partition coefficient (Wildman–Crippen LogP) is 0.305. The third-order valence-electron chi connectivity index (χ3n) is 4.24. The summed E-state index contributed by atoms with van der Waals surface area (Å²) in [5.74, 6) is -0.723. The minimum absolute atomic E-state index is 0.0617. The number of rotatable bonds is 8. The zero-order valence-electron chi connectivity index (χ0n) is 14.7. The van der Waals surface area contributed by atoms with E-state index in [-0.39, 0.29) is 25.0 Å². The fourth-order valence-electron chi connectivity index (χ4n) is 2.73. The Balaban J connectivity index is 1.74. The Kier molecular flexibility index (Phi) is 7.40. The third-order valence-corrected chi connectivity index (χ3v) is 4.24. The summed E-state index contributed by atoms with van der Waals surface area (Å²) in [4.78, 5) is 35.6. The number of alkyl carbamates (subject to hydrolysis) is 1. The number of ether oxygens (including phenoxy) is 1. The normalized spacial score (nSPS) is 18.5. The van der Waals surface area contributed by atoms with E-state index in [1.165, 1.54) is 6.92 Å². The number of carbonyl (C=O) groups is 3. The lowest BCUT2D eigenvalue weighted by Gasteiger charge is -2.21. The molecule has 1 heterocycles. The van der Waals surface area contributed by atoms with Crippen LogP contribution < -0.4 is 16.0 Å². The number of carbonyl (C=O) groups excluding carboxylic acids is 3. The number of aliphatic hydroxyl groups excluding tert-OH is 1. The van der Waals surface area contributed by atoms with Crippen molar-refractivity contribution in [2.75, 3.05) is 13.2 Å². The van der Waals surface area contributed by atoms with E-state index >= 15 is 0 Å². The lowest BCUT2D eigenvalue weighted by atomic mass is 9.98. The maximum absolute atomic E-state index is 12.2. The van der Waals surface area contributed by atoms with Gasteiger partial charge in [-0.05, 0) is 25.3 Å². The first-order chi connectivity index (χ1) is 12.5. The molecule has 0 saturated carbocycles. The summed E-state index contributed by atoms with van der Waals surface area (Å²) in [6, 6.07) is 7.83. The number of aliphatic hydroxyl groups is 1. The van der Waals surface area contributed by atoms with Gasteiger partial charge < -0.3 is 25.8 Å². The van der Waals surface area contributed by atoms with E-state index < -0.39 is 24.1 Å². The van der Waals surface area contributed by atoms with Gasteiger partial charge in [-0.25, -0.2) is 4.79 Å². The van der Waals surface area contributed by atoms with Crippen LogP contribution in [-0.4, -0.2) is 48.2 Å². The van der Waals surface area contributed by atoms with Gasteiger partial charge in [-0.15, -0.1) is 0 Å². The highest BCUT2D eigenvalue weighted by Crippen LogP contribution is 2.16. The van der Waals surface area contributed by atoms with E-state index in [1.807, 2.05) is 30.3 Å². The first-order valence-electron chi connectivity index (χ1n) is 8.65. The molecular formula is C18H25N3O5. The lowest BCUT2D eigenvalue weighted by Crippen LogP contribution is -2.49. The summed E-state index contributed by atoms with van der Waals surface area (Å²) in [6.07, 6.45) is 0.344. The molecule has 3 atom stereocenters. The largest absolute Gasteiger partial charge is 0.445 e. The zero-order chi connectivity index (χ0) is 18.9. The molecule has 0 aromatic heterocycles. The zero-order valence-corrected chi connectivity index (χ0v) is 14.7. The summed E-state index contributed by atoms with van der Waals surface area (Å²) in [7, 11) is 0. The molecule has 4 N–H and O–H groups in total. The summed E-state index contributed by atoms with van der Waals surface area (Å²) in [5, 5.41) is 17.3. The van der Waals surface area contributed by atoms with Crippen LogP contribution in [0.4, 0.5) is 4.79 Å². The number of hydrogen-bond acceptors (Lipinski definition) is 5. The summed E-state index contributed by atoms with van der Waals surface area (Å²) >= 11 is 0. The van der Waals surface area contributed by atoms with Crippen LogP contribution in [0.3, 0.4) is 0 Å². The number of benzene rings is 1. The van der Waals surface area contributed by atoms with Gasteiger partial charge in [0.25, 0.3) is 0 Å². The molecule has 8 heteroatoms. The van der Waals surface area contributed by atoms with Gasteiger partial charge in [0.05, 0.1) is 12.6 Å². The number of amides is 3. The van der Waals surface area contributed by atoms with E-state index in [4.69, 9.17) is 4.74 Å². The van der Waals surface area contributed by atoms with Gasteiger partial charge in [0, 0.05) is 12.5 Å². The Morgan fingerprint density at radius 3 is 2.65 bits per heavy atom. The highest BCUT2D eigenvalue weighted by atomic mass is 16.5. The molecule has 26 heavy (non-hydrogen) atoms. The molecule has 1 saturated heterocycles. The van der Waals surface area contributed by atoms with Crippen LogP contribution in [0, 0.1) is 5.92 Å². The number of nitrogens with one attached hydrogen (secondary N) is 3. The van der Waals surface area contributed by atoms with Gasteiger partial charge in [0.1, 0.15) is 12.6 Å². The Morgan fingerprint density at radius 1 is 1.31 bits per heavy atom. The minimum atomic E-state index is -0.829. The molecule has 1 aromatic rings. The molecule has 3 amide bonds. The Hall–Kier alpha value is -2.61. The van der Waals surface area contributed by atoms with Crippen molar-refractivity contribution in [3.8, 4) is 0 Å². The second-order valence-electron chi connectivity index (χ2n) is 6.33. The van der Waals surface area contributed by atoms with Crippen molar-refractivity contribution >= 4 is 17.9 Å². The van der Waals surface area contributed by atoms with Crippen LogP contribution in [0.2, 0.25) is 0 Å². The van der Waals surface area contributed by atoms with E-state index in [0.717, 1.165) is 5.56 Å². The fraction of sp³-hybridized carbons (Fsp3) is 0.500. The topological polar surface area (TPSA) is 117 Å². The predicted molar refractivity (Wildman–Crippen MR) is 94.0 cm³/mol. The molecule has 0 radical (unpaired) electrons. The van der Waals surface area contributed by atoms with Crippen LogP contribution in [0.1, 0.15) is 25.3 Å². The lowest BCUT2D eigenvalue weighted by molar-refractivity contribution is -0.125. The summed E-state index contributed by atoms with van der Waals surface area (Å²) in [5.41, 5.74) is 0.843. The van der Waals surface area contributed by atoms with Gasteiger partial charge in [-0.3, -0.25) is 9.59 Å². The van der Waals surface area contributed by atoms with Crippen molar-refractivity contribution in [3.63, 3.8) is 0 Å². The average molecular weight is 363 g/mol. The second-order valence-corrected chi connectivity index (χ2v) is 6.33. The molecule has 0 bridgehead atoms. The van der Waals surface area contributed by atoms with E-state index in [2.05, 4.69) is 16.0 Å². The van der Waals surface area contributed by atoms with Crippen LogP contribution in [0.25, 0.3) is 0 Å². The molecule has 1 aliphatic heterocycles. The molecule has 0 aliphatic carbocycles. The second kappa shape index (κ2) is 9.76. The Bertz CT molecular complexity index is 623. The molecular weight excluding hydrogens is 338 g/mol. The van der Waals surface area contributed by atoms with Crippen molar-refractivity contribution in [2.45, 2.75) is 38.5 Å². The van der Waals surface area contributed by atoms with Crippen molar-refractivity contribution < 1.29 is 24.2 Å². The molecule has 1 unspecified atom stereocenters. The van der Waals surface area contributed by atoms with Gasteiger partial charge in [0.15, 0.2) is 0 Å². The quantitative estimate of drug-likeness (QED) is 0.530. The first kappa shape index (κ1) is 19.7. The smallest absolute Gasteiger partial charge is 0.408 e. The number of hydrogen-bond donors (Lipinski definition) is 4. The van der Waals surface area contributed by atoms with Crippen molar-refractivity contribution in [1.82, 2.24) is 16.0 Å². The first-order valence-corrected chi connectivity index (χ1v) is 8.65. The SMILES string of the molecule is C[C@H](NC(=O)OCc1ccccc1)C(=O)N[C@H](CO)CC1CCNC1=O. The Morgan fingerprint density at radius 2 is 2.04 bits per heavy atom. The molecule has 142 valence electrons. The molecule has 1 fully saturated rings. The highest BCUT2D eigenvalue weighted by Gasteiger charge is 2.28. The molecule has 8 nitrogen and oxygen atoms in total. The summed E-state index contributed by atoms with van der Waals surface area (Å²) in [6.45, 7) is 1.97. The van der Waals surface area contributed by atoms with E-state index in [1.54, 1.807) is 0 Å². The minimum Gasteiger partial charge on any atom is -0.445 e. The van der Waals surface area contributed by atoms with Crippen molar-refractivity contribution in [2.24, 2.45) is 5.92 Å². The molecule has 1 aliphatic rings. The van der Waals surface area contributed by atoms with Crippen LogP contribution in [0.5, 0.6) is 0 Å². The van der Waals surface area contributed by atoms with Gasteiger partial charge >= 0.3 is 6.09 Å². The standard InChI is InChI=1S/C18H25N3O5/c1-12(20-18(25)26-11-13-5-3-2-4-6-13)16(23)21-15(10-22)9-14-7-8-19-17(14)24/h2-6,12,14-15,22H,7-11H2,1H3,(H,19,24)(H,20,25)(H,21,23)/t12-,14?,15-/m0/s1. The average Bonchev–Trinajstić information content (AvgIpc) is 3.04. The van der Waals surface area contributed by atoms with Crippen LogP contribution >= 0.6 is 0 Å². The molecule has 1 aromatic carbocycles. The van der Waals surface area contributed by atoms with Gasteiger partial charge in [-0.1, -0.05) is 30.3 Å². The van der Waals surface area contributed by atoms with E-state index in [9.17, 15) is 19.5 Å². The van der Waals surface area contributed by atoms with Crippen LogP contribution in [-0.2, 0) is 20.9 Å². The maximum Gasteiger partial charge on any atom is 0.408 e. The third kappa shape index (κ3) is 6.03. The van der Waals surface area contributed by atoms with Gasteiger partial charge in [0.2, 0.25) is 11.8 Å². The van der Waals surface area contributed by atoms with E-state index in [0.29, 0.717) is 19.4 Å². The molecule has 2 rings (SSSR count). The van der Waals surface area contributed by atoms with Gasteiger partial charge in [-0.2, -0.15) is 0 Å². The monoisotopic (exact) mass is 363 g/mol. The van der Waals surface area contributed by atoms with Crippen molar-refractivity contribution in [1.29, 1.82) is 0 Å². The maximum atomic E-state index is 12.2. The Labute approximate surface area is 152 Å². The highest BCUT2D eigenvalue weighted by molar-refractivity contribution is 5.85. The van der Waals surface area contributed by atoms with Crippen molar-refractivity contribution in [3.05, 3.63) is 35.9 Å². The molecule has 0 spiro atoms. The summed E-state index contributed by atoms with van der Waals surface area (Å²) < 4.78 is 5.07. The fourth-order valence-corrected chi connectivity index (χ4v) is 2.73.